The number of nitrogen functional groups attached to an aromatic ring is 1. The number of ketones is 1. The molecule has 3 N–H and O–H groups in total. The van der Waals surface area contributed by atoms with E-state index in [2.05, 4.69) is 15.9 Å². The van der Waals surface area contributed by atoms with Crippen molar-refractivity contribution in [3.05, 3.63) is 64.2 Å². The summed E-state index contributed by atoms with van der Waals surface area (Å²) in [6.07, 6.45) is 0. The van der Waals surface area contributed by atoms with E-state index in [0.29, 0.717) is 5.56 Å². The van der Waals surface area contributed by atoms with Crippen LogP contribution < -0.4 is 28.4 Å². The number of nitrogens with zero attached hydrogens (tertiary/aromatic N) is 2. The molecule has 0 spiro atoms. The predicted molar refractivity (Wildman–Crippen MR) is 84.4 cm³/mol. The van der Waals surface area contributed by atoms with Crippen LogP contribution >= 0.6 is 15.9 Å². The number of para-hydroxylation sites is 2. The second-order valence-corrected chi connectivity index (χ2v) is 5.61. The Morgan fingerprint density at radius 1 is 1.09 bits per heavy atom. The maximum Gasteiger partial charge on any atom is 0.222 e. The number of benzene rings is 2. The first-order valence-electron chi connectivity index (χ1n) is 6.36. The molecule has 7 heteroatoms. The standard InChI is InChI=1S/C15H13BrN4O.BrH/c16-11-7-5-10(6-8-11)14(21)9-19-12-3-1-2-4-13(12)20(18)15(19)17;/h1-8,17H,9,18H2;1H/p-1. The van der Waals surface area contributed by atoms with E-state index in [4.69, 9.17) is 11.3 Å². The van der Waals surface area contributed by atoms with Gasteiger partial charge >= 0.3 is 0 Å². The van der Waals surface area contributed by atoms with Crippen molar-refractivity contribution in [2.45, 2.75) is 6.54 Å². The molecule has 0 aliphatic rings. The number of nitrogens with two attached hydrogens (primary N) is 1. The lowest BCUT2D eigenvalue weighted by atomic mass is 10.1. The molecule has 0 fully saturated rings. The molecule has 0 atom stereocenters. The van der Waals surface area contributed by atoms with E-state index in [0.717, 1.165) is 15.5 Å². The van der Waals surface area contributed by atoms with Crippen LogP contribution in [0.4, 0.5) is 0 Å². The van der Waals surface area contributed by atoms with Gasteiger partial charge in [0, 0.05) is 10.0 Å². The summed E-state index contributed by atoms with van der Waals surface area (Å²) in [5.41, 5.74) is 2.21. The Labute approximate surface area is 145 Å². The van der Waals surface area contributed by atoms with E-state index >= 15 is 0 Å². The molecule has 0 bridgehead atoms. The number of aromatic nitrogens is 2. The number of hydrogen-bond acceptors (Lipinski definition) is 3. The molecule has 3 aromatic rings. The van der Waals surface area contributed by atoms with Gasteiger partial charge in [-0.2, -0.15) is 0 Å². The molecule has 2 aromatic carbocycles. The maximum absolute atomic E-state index is 12.4. The third kappa shape index (κ3) is 2.86. The molecule has 0 aliphatic carbocycles. The number of fused-ring (bicyclic) bond motifs is 1. The minimum Gasteiger partial charge on any atom is -1.00 e. The van der Waals surface area contributed by atoms with Crippen molar-refractivity contribution >= 4 is 32.7 Å². The fourth-order valence-corrected chi connectivity index (χ4v) is 2.55. The van der Waals surface area contributed by atoms with Gasteiger partial charge in [0.05, 0.1) is 17.6 Å². The third-order valence-electron chi connectivity index (χ3n) is 3.38. The van der Waals surface area contributed by atoms with Gasteiger partial charge in [-0.15, -0.1) is 0 Å². The number of rotatable bonds is 3. The van der Waals surface area contributed by atoms with E-state index in [1.807, 2.05) is 36.4 Å². The summed E-state index contributed by atoms with van der Waals surface area (Å²) in [4.78, 5) is 12.4. The number of carbonyl (C=O) groups excluding carboxylic acids is 1. The number of hydrogen-bond donors (Lipinski definition) is 2. The molecule has 22 heavy (non-hydrogen) atoms. The van der Waals surface area contributed by atoms with Gasteiger partial charge in [-0.05, 0) is 24.3 Å². The predicted octanol–water partition coefficient (Wildman–Crippen LogP) is -0.715. The summed E-state index contributed by atoms with van der Waals surface area (Å²) in [5.74, 6) is 5.81. The zero-order valence-corrected chi connectivity index (χ0v) is 14.6. The molecule has 0 saturated carbocycles. The fraction of sp³-hybridized carbons (Fsp3) is 0.0667. The fourth-order valence-electron chi connectivity index (χ4n) is 2.29. The van der Waals surface area contributed by atoms with E-state index in [1.54, 1.807) is 16.7 Å². The Hall–Kier alpha value is -1.86. The molecule has 0 unspecified atom stereocenters. The molecule has 0 radical (unpaired) electrons. The second kappa shape index (κ2) is 6.50. The van der Waals surface area contributed by atoms with Crippen molar-refractivity contribution in [2.75, 3.05) is 5.84 Å². The van der Waals surface area contributed by atoms with Crippen LogP contribution in [-0.4, -0.2) is 15.0 Å². The van der Waals surface area contributed by atoms with Gasteiger partial charge in [0.25, 0.3) is 0 Å². The minimum atomic E-state index is -0.0580. The van der Waals surface area contributed by atoms with Gasteiger partial charge in [-0.25, -0.2) is 4.68 Å². The van der Waals surface area contributed by atoms with Gasteiger partial charge in [0.1, 0.15) is 0 Å². The smallest absolute Gasteiger partial charge is 0.222 e. The quantitative estimate of drug-likeness (QED) is 0.430. The minimum absolute atomic E-state index is 0. The van der Waals surface area contributed by atoms with Crippen LogP contribution in [0.3, 0.4) is 0 Å². The molecule has 114 valence electrons. The van der Waals surface area contributed by atoms with E-state index in [1.165, 1.54) is 4.68 Å². The van der Waals surface area contributed by atoms with E-state index < -0.39 is 0 Å². The van der Waals surface area contributed by atoms with Gasteiger partial charge in [-0.1, -0.05) is 40.2 Å². The SMILES string of the molecule is N=c1n(N)c2ccccc2n1CC(=O)c1ccc(Br)cc1.[Br-]. The van der Waals surface area contributed by atoms with Crippen molar-refractivity contribution in [1.82, 2.24) is 9.24 Å². The van der Waals surface area contributed by atoms with Gasteiger partial charge in [-0.3, -0.25) is 10.2 Å². The van der Waals surface area contributed by atoms with Crippen LogP contribution in [0.25, 0.3) is 11.0 Å². The lowest BCUT2D eigenvalue weighted by Crippen LogP contribution is -3.00. The average Bonchev–Trinajstić information content (AvgIpc) is 2.73. The summed E-state index contributed by atoms with van der Waals surface area (Å²) in [6.45, 7) is 0.0885. The van der Waals surface area contributed by atoms with Crippen LogP contribution in [-0.2, 0) is 6.54 Å². The zero-order valence-electron chi connectivity index (χ0n) is 11.5. The maximum atomic E-state index is 12.4. The van der Waals surface area contributed by atoms with Crippen molar-refractivity contribution in [3.63, 3.8) is 0 Å². The van der Waals surface area contributed by atoms with Crippen LogP contribution in [0.15, 0.2) is 53.0 Å². The summed E-state index contributed by atoms with van der Waals surface area (Å²) >= 11 is 3.34. The van der Waals surface area contributed by atoms with Gasteiger partial charge in [0.2, 0.25) is 5.62 Å². The molecule has 1 heterocycles. The Balaban J connectivity index is 0.00000176. The molecule has 0 saturated heterocycles. The first kappa shape index (κ1) is 16.5. The van der Waals surface area contributed by atoms with Crippen molar-refractivity contribution < 1.29 is 21.8 Å². The second-order valence-electron chi connectivity index (χ2n) is 4.70. The summed E-state index contributed by atoms with van der Waals surface area (Å²) in [5, 5.41) is 8.05. The lowest BCUT2D eigenvalue weighted by Gasteiger charge is -2.04. The first-order chi connectivity index (χ1) is 10.1. The number of imidazole rings is 1. The molecule has 5 nitrogen and oxygen atoms in total. The first-order valence-corrected chi connectivity index (χ1v) is 7.16. The van der Waals surface area contributed by atoms with Crippen molar-refractivity contribution in [2.24, 2.45) is 0 Å². The zero-order chi connectivity index (χ0) is 15.0. The van der Waals surface area contributed by atoms with Crippen LogP contribution in [0.1, 0.15) is 10.4 Å². The Bertz CT molecular complexity index is 881. The number of halogens is 2. The lowest BCUT2D eigenvalue weighted by molar-refractivity contribution is -0.0000122. The summed E-state index contributed by atoms with van der Waals surface area (Å²) < 4.78 is 3.82. The van der Waals surface area contributed by atoms with Crippen LogP contribution in [0, 0.1) is 5.41 Å². The Kier molecular flexibility index (Phi) is 4.87. The van der Waals surface area contributed by atoms with E-state index in [-0.39, 0.29) is 34.9 Å². The molecular formula is C15H13Br2N4O-. The normalized spacial score (nSPS) is 10.4. The number of Topliss-reactive ketones (excluding diaryl/α,β-unsaturated/α-hetero) is 1. The number of carbonyl (C=O) groups is 1. The van der Waals surface area contributed by atoms with Gasteiger partial charge in [0.15, 0.2) is 5.78 Å². The Morgan fingerprint density at radius 2 is 1.68 bits per heavy atom. The van der Waals surface area contributed by atoms with E-state index in [9.17, 15) is 4.79 Å². The molecular weight excluding hydrogens is 412 g/mol. The van der Waals surface area contributed by atoms with Gasteiger partial charge < -0.3 is 27.4 Å². The number of nitrogens with one attached hydrogen (secondary N) is 1. The van der Waals surface area contributed by atoms with Crippen molar-refractivity contribution in [1.29, 1.82) is 5.41 Å². The largest absolute Gasteiger partial charge is 1.00 e. The van der Waals surface area contributed by atoms with Crippen molar-refractivity contribution in [3.8, 4) is 0 Å². The monoisotopic (exact) mass is 423 g/mol. The summed E-state index contributed by atoms with van der Waals surface area (Å²) in [7, 11) is 0. The topological polar surface area (TPSA) is 76.8 Å². The molecule has 0 aliphatic heterocycles. The highest BCUT2D eigenvalue weighted by atomic mass is 79.9. The Morgan fingerprint density at radius 3 is 2.32 bits per heavy atom. The highest BCUT2D eigenvalue weighted by molar-refractivity contribution is 9.10. The molecule has 1 aromatic heterocycles. The molecule has 0 amide bonds. The molecule has 3 rings (SSSR count). The average molecular weight is 425 g/mol. The van der Waals surface area contributed by atoms with Crippen LogP contribution in [0.2, 0.25) is 0 Å². The van der Waals surface area contributed by atoms with Crippen LogP contribution in [0.5, 0.6) is 0 Å². The highest BCUT2D eigenvalue weighted by Crippen LogP contribution is 2.14. The third-order valence-corrected chi connectivity index (χ3v) is 3.91. The summed E-state index contributed by atoms with van der Waals surface area (Å²) in [6, 6.07) is 14.6. The highest BCUT2D eigenvalue weighted by Gasteiger charge is 2.13.